The zero-order valence-corrected chi connectivity index (χ0v) is 34.7. The molecule has 0 radical (unpaired) electrons. The van der Waals surface area contributed by atoms with Gasteiger partial charge in [-0.2, -0.15) is 0 Å². The fourth-order valence-electron chi connectivity index (χ4n) is 6.63. The van der Waals surface area contributed by atoms with Crippen molar-refractivity contribution in [2.45, 2.75) is 195 Å². The van der Waals surface area contributed by atoms with Crippen molar-refractivity contribution in [2.24, 2.45) is 11.8 Å². The van der Waals surface area contributed by atoms with E-state index in [-0.39, 0.29) is 0 Å². The smallest absolute Gasteiger partial charge is 0.160 e. The Morgan fingerprint density at radius 2 is 1.18 bits per heavy atom. The van der Waals surface area contributed by atoms with Crippen LogP contribution in [0.3, 0.4) is 0 Å². The molecule has 1 heterocycles. The molecule has 1 saturated heterocycles. The van der Waals surface area contributed by atoms with Gasteiger partial charge in [0.1, 0.15) is 6.61 Å². The number of thiocarbonyl (C=S) groups is 1. The maximum absolute atomic E-state index is 5.91. The van der Waals surface area contributed by atoms with Crippen molar-refractivity contribution < 1.29 is 4.74 Å². The molecule has 0 aromatic carbocycles. The van der Waals surface area contributed by atoms with Crippen molar-refractivity contribution in [2.75, 3.05) is 26.2 Å². The van der Waals surface area contributed by atoms with E-state index in [0.29, 0.717) is 12.5 Å². The Bertz CT molecular complexity index is 996. The van der Waals surface area contributed by atoms with Gasteiger partial charge in [-0.1, -0.05) is 133 Å². The van der Waals surface area contributed by atoms with Gasteiger partial charge in [0.15, 0.2) is 5.05 Å². The van der Waals surface area contributed by atoms with Gasteiger partial charge in [-0.25, -0.2) is 0 Å². The van der Waals surface area contributed by atoms with Crippen LogP contribution in [0.25, 0.3) is 0 Å². The molecular weight excluding hydrogens is 627 g/mol. The molecular formula is C47H81NOS. The summed E-state index contributed by atoms with van der Waals surface area (Å²) >= 11 is 5.52. The fraction of sp³-hybridized carbons (Fsp3) is 0.766. The SMILES string of the molecule is CCCCC/C=C\CC/C=C\CCCC/C=C/CCCC(CCCCCCCCC(=S)OCC(=C=C=C(C)C)C(C)C)CCN1CCCCC1. The number of nitrogens with zero attached hydrogens (tertiary/aromatic N) is 1. The van der Waals surface area contributed by atoms with E-state index in [1.54, 1.807) is 0 Å². The number of unbranched alkanes of at least 4 members (excludes halogenated alkanes) is 13. The van der Waals surface area contributed by atoms with Crippen LogP contribution < -0.4 is 0 Å². The van der Waals surface area contributed by atoms with Gasteiger partial charge in [-0.05, 0) is 153 Å². The molecule has 0 spiro atoms. The van der Waals surface area contributed by atoms with Crippen LogP contribution in [0.2, 0.25) is 0 Å². The molecule has 2 nitrogen and oxygen atoms in total. The van der Waals surface area contributed by atoms with Crippen LogP contribution in [-0.4, -0.2) is 36.2 Å². The Morgan fingerprint density at radius 3 is 1.78 bits per heavy atom. The van der Waals surface area contributed by atoms with Gasteiger partial charge in [0, 0.05) is 12.0 Å². The fourth-order valence-corrected chi connectivity index (χ4v) is 6.84. The van der Waals surface area contributed by atoms with Crippen molar-refractivity contribution in [3.05, 3.63) is 59.1 Å². The molecule has 286 valence electrons. The monoisotopic (exact) mass is 708 g/mol. The van der Waals surface area contributed by atoms with Gasteiger partial charge in [0.25, 0.3) is 0 Å². The van der Waals surface area contributed by atoms with Gasteiger partial charge in [-0.15, -0.1) is 0 Å². The van der Waals surface area contributed by atoms with Gasteiger partial charge < -0.3 is 9.64 Å². The highest BCUT2D eigenvalue weighted by Gasteiger charge is 2.14. The molecule has 1 aliphatic heterocycles. The van der Waals surface area contributed by atoms with Gasteiger partial charge in [0.2, 0.25) is 0 Å². The van der Waals surface area contributed by atoms with Gasteiger partial charge in [0.05, 0.1) is 0 Å². The van der Waals surface area contributed by atoms with Crippen LogP contribution in [0.15, 0.2) is 59.1 Å². The van der Waals surface area contributed by atoms with E-state index in [0.717, 1.165) is 35.0 Å². The molecule has 50 heavy (non-hydrogen) atoms. The van der Waals surface area contributed by atoms with Crippen LogP contribution in [0.5, 0.6) is 0 Å². The second kappa shape index (κ2) is 34.5. The number of likely N-dealkylation sites (tertiary alicyclic amines) is 1. The minimum Gasteiger partial charge on any atom is -0.482 e. The molecule has 1 atom stereocenters. The third-order valence-electron chi connectivity index (χ3n) is 10.1. The number of hydrogen-bond acceptors (Lipinski definition) is 3. The molecule has 0 aliphatic carbocycles. The van der Waals surface area contributed by atoms with E-state index in [2.05, 4.69) is 73.6 Å². The standard InChI is InChI=1S/C47H81NOS/c1-6-7-8-9-10-11-12-13-14-15-16-17-18-19-20-21-24-28-33-45(38-41-48-39-31-27-32-40-48)34-29-25-22-23-26-30-35-47(50)49-42-46(44(4)5)37-36-43(2)3/h10-11,14-15,20-21,44-45H,6-9,12-13,16-19,22-35,38-42H2,1-5H3/b11-10-,15-14-,21-20+. The van der Waals surface area contributed by atoms with Crippen molar-refractivity contribution in [3.63, 3.8) is 0 Å². The molecule has 0 aromatic heterocycles. The lowest BCUT2D eigenvalue weighted by molar-refractivity contribution is 0.206. The van der Waals surface area contributed by atoms with Crippen molar-refractivity contribution in [3.8, 4) is 0 Å². The molecule has 1 fully saturated rings. The second-order valence-electron chi connectivity index (χ2n) is 15.5. The topological polar surface area (TPSA) is 12.5 Å². The molecule has 1 aliphatic rings. The predicted octanol–water partition coefficient (Wildman–Crippen LogP) is 15.0. The van der Waals surface area contributed by atoms with E-state index in [1.165, 1.54) is 167 Å². The predicted molar refractivity (Wildman–Crippen MR) is 227 cm³/mol. The van der Waals surface area contributed by atoms with Gasteiger partial charge >= 0.3 is 0 Å². The lowest BCUT2D eigenvalue weighted by atomic mass is 9.91. The van der Waals surface area contributed by atoms with E-state index in [1.807, 2.05) is 13.8 Å². The van der Waals surface area contributed by atoms with Crippen molar-refractivity contribution in [1.29, 1.82) is 0 Å². The average Bonchev–Trinajstić information content (AvgIpc) is 3.10. The first-order chi connectivity index (χ1) is 24.4. The van der Waals surface area contributed by atoms with E-state index in [9.17, 15) is 0 Å². The Balaban J connectivity index is 2.18. The molecule has 1 rings (SSSR count). The highest BCUT2D eigenvalue weighted by atomic mass is 32.1. The van der Waals surface area contributed by atoms with E-state index >= 15 is 0 Å². The summed E-state index contributed by atoms with van der Waals surface area (Å²) in [4.78, 5) is 2.74. The third-order valence-corrected chi connectivity index (χ3v) is 10.4. The third kappa shape index (κ3) is 30.0. The van der Waals surface area contributed by atoms with Crippen molar-refractivity contribution >= 4 is 17.3 Å². The molecule has 0 amide bonds. The normalized spacial score (nSPS) is 14.5. The summed E-state index contributed by atoms with van der Waals surface area (Å²) in [6.45, 7) is 15.2. The highest BCUT2D eigenvalue weighted by molar-refractivity contribution is 7.80. The summed E-state index contributed by atoms with van der Waals surface area (Å²) < 4.78 is 5.91. The maximum Gasteiger partial charge on any atom is 0.160 e. The summed E-state index contributed by atoms with van der Waals surface area (Å²) in [5.74, 6) is 1.30. The molecule has 0 saturated carbocycles. The quantitative estimate of drug-likeness (QED) is 0.0308. The Hall–Kier alpha value is -1.63. The lowest BCUT2D eigenvalue weighted by Crippen LogP contribution is -2.31. The minimum atomic E-state index is 0.395. The summed E-state index contributed by atoms with van der Waals surface area (Å²) in [5.41, 5.74) is 8.73. The Labute approximate surface area is 318 Å². The van der Waals surface area contributed by atoms with Crippen LogP contribution >= 0.6 is 12.2 Å². The first-order valence-electron chi connectivity index (χ1n) is 21.4. The average molecular weight is 708 g/mol. The van der Waals surface area contributed by atoms with Crippen LogP contribution in [0, 0.1) is 11.8 Å². The van der Waals surface area contributed by atoms with Crippen molar-refractivity contribution in [1.82, 2.24) is 4.90 Å². The number of rotatable bonds is 31. The Morgan fingerprint density at radius 1 is 0.640 bits per heavy atom. The molecule has 0 aromatic rings. The maximum atomic E-state index is 5.91. The lowest BCUT2D eigenvalue weighted by Gasteiger charge is -2.28. The van der Waals surface area contributed by atoms with E-state index < -0.39 is 0 Å². The largest absolute Gasteiger partial charge is 0.482 e. The Kier molecular flexibility index (Phi) is 32.0. The number of hydrogen-bond donors (Lipinski definition) is 0. The summed E-state index contributed by atoms with van der Waals surface area (Å²) in [5, 5.41) is 0.753. The van der Waals surface area contributed by atoms with E-state index in [4.69, 9.17) is 17.0 Å². The molecule has 0 bridgehead atoms. The minimum absolute atomic E-state index is 0.395. The zero-order chi connectivity index (χ0) is 36.3. The first kappa shape index (κ1) is 46.4. The summed E-state index contributed by atoms with van der Waals surface area (Å²) in [6, 6.07) is 0. The number of allylic oxidation sites excluding steroid dienone is 7. The van der Waals surface area contributed by atoms with Crippen LogP contribution in [0.1, 0.15) is 195 Å². The second-order valence-corrected chi connectivity index (χ2v) is 16.0. The molecule has 3 heteroatoms. The van der Waals surface area contributed by atoms with Gasteiger partial charge in [-0.3, -0.25) is 0 Å². The van der Waals surface area contributed by atoms with Crippen LogP contribution in [0.4, 0.5) is 0 Å². The van der Waals surface area contributed by atoms with Crippen LogP contribution in [-0.2, 0) is 4.74 Å². The zero-order valence-electron chi connectivity index (χ0n) is 33.9. The summed E-state index contributed by atoms with van der Waals surface area (Å²) in [6.07, 6.45) is 47.1. The first-order valence-corrected chi connectivity index (χ1v) is 21.8. The summed E-state index contributed by atoms with van der Waals surface area (Å²) in [7, 11) is 0. The number of piperidine rings is 1. The molecule has 0 N–H and O–H groups in total. The molecule has 1 unspecified atom stereocenters. The highest BCUT2D eigenvalue weighted by Crippen LogP contribution is 2.23. The number of ether oxygens (including phenoxy) is 1.